The summed E-state index contributed by atoms with van der Waals surface area (Å²) in [6, 6.07) is 3.07. The number of hydrogen-bond acceptors (Lipinski definition) is 2. The van der Waals surface area contributed by atoms with Gasteiger partial charge in [-0.15, -0.1) is 0 Å². The molecule has 5 heteroatoms. The van der Waals surface area contributed by atoms with Crippen molar-refractivity contribution in [3.63, 3.8) is 0 Å². The molecular weight excluding hydrogens is 299 g/mol. The zero-order chi connectivity index (χ0) is 13.3. The van der Waals surface area contributed by atoms with Crippen LogP contribution >= 0.6 is 15.9 Å². The van der Waals surface area contributed by atoms with Crippen molar-refractivity contribution < 1.29 is 4.39 Å². The fraction of sp³-hybridized carbons (Fsp3) is 0.231. The van der Waals surface area contributed by atoms with Crippen molar-refractivity contribution in [2.45, 2.75) is 19.9 Å². The van der Waals surface area contributed by atoms with Gasteiger partial charge in [-0.3, -0.25) is 9.78 Å². The predicted octanol–water partition coefficient (Wildman–Crippen LogP) is 3.39. The highest BCUT2D eigenvalue weighted by molar-refractivity contribution is 9.10. The molecule has 0 bridgehead atoms. The Morgan fingerprint density at radius 3 is 2.72 bits per heavy atom. The third kappa shape index (κ3) is 2.36. The van der Waals surface area contributed by atoms with Gasteiger partial charge >= 0.3 is 0 Å². The van der Waals surface area contributed by atoms with E-state index in [-0.39, 0.29) is 17.4 Å². The van der Waals surface area contributed by atoms with Crippen LogP contribution in [0.25, 0.3) is 11.1 Å². The summed E-state index contributed by atoms with van der Waals surface area (Å²) in [5.41, 5.74) is 0.908. The maximum atomic E-state index is 13.9. The van der Waals surface area contributed by atoms with E-state index in [1.807, 2.05) is 13.8 Å². The lowest BCUT2D eigenvalue weighted by molar-refractivity contribution is 0.578. The number of aromatic nitrogens is 2. The number of hydrogen-bond donors (Lipinski definition) is 0. The van der Waals surface area contributed by atoms with Crippen molar-refractivity contribution in [2.24, 2.45) is 0 Å². The molecule has 0 N–H and O–H groups in total. The minimum Gasteiger partial charge on any atom is -0.312 e. The molecule has 0 aliphatic heterocycles. The van der Waals surface area contributed by atoms with Gasteiger partial charge < -0.3 is 4.57 Å². The third-order valence-corrected chi connectivity index (χ3v) is 3.20. The average molecular weight is 311 g/mol. The van der Waals surface area contributed by atoms with Gasteiger partial charge in [0.2, 0.25) is 0 Å². The van der Waals surface area contributed by atoms with Crippen molar-refractivity contribution in [3.05, 3.63) is 51.4 Å². The minimum absolute atomic E-state index is 0.0284. The number of halogens is 2. The maximum absolute atomic E-state index is 13.9. The Balaban J connectivity index is 2.62. The number of nitrogens with zero attached hydrogens (tertiary/aromatic N) is 2. The molecule has 0 amide bonds. The third-order valence-electron chi connectivity index (χ3n) is 2.64. The lowest BCUT2D eigenvalue weighted by Crippen LogP contribution is -2.20. The summed E-state index contributed by atoms with van der Waals surface area (Å²) in [7, 11) is 0. The highest BCUT2D eigenvalue weighted by Crippen LogP contribution is 2.26. The first-order chi connectivity index (χ1) is 8.50. The van der Waals surface area contributed by atoms with Gasteiger partial charge in [-0.1, -0.05) is 0 Å². The molecule has 18 heavy (non-hydrogen) atoms. The monoisotopic (exact) mass is 310 g/mol. The van der Waals surface area contributed by atoms with Crippen LogP contribution < -0.4 is 5.56 Å². The van der Waals surface area contributed by atoms with Crippen LogP contribution in [0.2, 0.25) is 0 Å². The van der Waals surface area contributed by atoms with E-state index in [0.717, 1.165) is 0 Å². The van der Waals surface area contributed by atoms with Gasteiger partial charge in [0.05, 0.1) is 4.47 Å². The van der Waals surface area contributed by atoms with Crippen LogP contribution in [-0.2, 0) is 0 Å². The Bertz CT molecular complexity index is 637. The summed E-state index contributed by atoms with van der Waals surface area (Å²) < 4.78 is 15.8. The molecular formula is C13H12BrFN2O. The molecule has 2 aromatic heterocycles. The Hall–Kier alpha value is -1.49. The van der Waals surface area contributed by atoms with Crippen LogP contribution in [0.15, 0.2) is 40.0 Å². The van der Waals surface area contributed by atoms with Crippen molar-refractivity contribution in [3.8, 4) is 11.1 Å². The quantitative estimate of drug-likeness (QED) is 0.852. The Labute approximate surface area is 112 Å². The molecule has 0 atom stereocenters. The predicted molar refractivity (Wildman–Crippen MR) is 72.0 cm³/mol. The number of pyridine rings is 2. The molecule has 0 unspecified atom stereocenters. The fourth-order valence-corrected chi connectivity index (χ4v) is 2.02. The van der Waals surface area contributed by atoms with Crippen molar-refractivity contribution in [2.75, 3.05) is 0 Å². The molecule has 2 heterocycles. The molecule has 0 aromatic carbocycles. The lowest BCUT2D eigenvalue weighted by Gasteiger charge is -2.12. The summed E-state index contributed by atoms with van der Waals surface area (Å²) in [5.74, 6) is -0.376. The SMILES string of the molecule is CC(C)n1cc(-c2cncc(Br)c2F)ccc1=O. The average Bonchev–Trinajstić information content (AvgIpc) is 2.33. The van der Waals surface area contributed by atoms with Crippen LogP contribution in [0, 0.1) is 5.82 Å². The Morgan fingerprint density at radius 1 is 1.33 bits per heavy atom. The maximum Gasteiger partial charge on any atom is 0.250 e. The molecule has 3 nitrogen and oxygen atoms in total. The van der Waals surface area contributed by atoms with Gasteiger partial charge in [0.15, 0.2) is 0 Å². The second kappa shape index (κ2) is 5.02. The first-order valence-corrected chi connectivity index (χ1v) is 6.31. The van der Waals surface area contributed by atoms with Crippen molar-refractivity contribution >= 4 is 15.9 Å². The summed E-state index contributed by atoms with van der Waals surface area (Å²) in [6.45, 7) is 3.81. The highest BCUT2D eigenvalue weighted by atomic mass is 79.9. The highest BCUT2D eigenvalue weighted by Gasteiger charge is 2.11. The van der Waals surface area contributed by atoms with E-state index in [1.165, 1.54) is 18.5 Å². The van der Waals surface area contributed by atoms with E-state index in [1.54, 1.807) is 16.8 Å². The smallest absolute Gasteiger partial charge is 0.250 e. The zero-order valence-electron chi connectivity index (χ0n) is 10.0. The van der Waals surface area contributed by atoms with Crippen LogP contribution in [0.5, 0.6) is 0 Å². The van der Waals surface area contributed by atoms with Gasteiger partial charge in [-0.25, -0.2) is 4.39 Å². The second-order valence-corrected chi connectivity index (χ2v) is 5.09. The molecule has 0 fully saturated rings. The topological polar surface area (TPSA) is 34.9 Å². The minimum atomic E-state index is -0.376. The van der Waals surface area contributed by atoms with E-state index in [4.69, 9.17) is 0 Å². The summed E-state index contributed by atoms with van der Waals surface area (Å²) in [5, 5.41) is 0. The molecule has 94 valence electrons. The van der Waals surface area contributed by atoms with Crippen LogP contribution in [0.1, 0.15) is 19.9 Å². The lowest BCUT2D eigenvalue weighted by atomic mass is 10.1. The molecule has 2 aromatic rings. The van der Waals surface area contributed by atoms with E-state index < -0.39 is 0 Å². The van der Waals surface area contributed by atoms with E-state index in [2.05, 4.69) is 20.9 Å². The molecule has 0 aliphatic carbocycles. The zero-order valence-corrected chi connectivity index (χ0v) is 11.6. The Morgan fingerprint density at radius 2 is 2.06 bits per heavy atom. The molecule has 0 saturated carbocycles. The fourth-order valence-electron chi connectivity index (χ4n) is 1.69. The summed E-state index contributed by atoms with van der Waals surface area (Å²) in [6.07, 6.45) is 4.50. The molecule has 0 saturated heterocycles. The summed E-state index contributed by atoms with van der Waals surface area (Å²) >= 11 is 3.10. The first kappa shape index (κ1) is 13.0. The second-order valence-electron chi connectivity index (χ2n) is 4.24. The molecule has 0 radical (unpaired) electrons. The first-order valence-electron chi connectivity index (χ1n) is 5.52. The largest absolute Gasteiger partial charge is 0.312 e. The van der Waals surface area contributed by atoms with Gasteiger partial charge in [0.1, 0.15) is 5.82 Å². The Kier molecular flexibility index (Phi) is 3.61. The normalized spacial score (nSPS) is 10.9. The van der Waals surface area contributed by atoms with Gasteiger partial charge in [-0.2, -0.15) is 0 Å². The molecule has 0 spiro atoms. The van der Waals surface area contributed by atoms with Crippen molar-refractivity contribution in [1.82, 2.24) is 9.55 Å². The van der Waals surface area contributed by atoms with Gasteiger partial charge in [0.25, 0.3) is 5.56 Å². The number of rotatable bonds is 2. The van der Waals surface area contributed by atoms with Crippen LogP contribution in [-0.4, -0.2) is 9.55 Å². The molecule has 2 rings (SSSR count). The van der Waals surface area contributed by atoms with Gasteiger partial charge in [-0.05, 0) is 35.8 Å². The van der Waals surface area contributed by atoms with E-state index in [9.17, 15) is 9.18 Å². The van der Waals surface area contributed by atoms with E-state index in [0.29, 0.717) is 15.6 Å². The standard InChI is InChI=1S/C13H12BrFN2O/c1-8(2)17-7-9(3-4-12(17)18)10-5-16-6-11(14)13(10)15/h3-8H,1-2H3. The van der Waals surface area contributed by atoms with Crippen LogP contribution in [0.3, 0.4) is 0 Å². The summed E-state index contributed by atoms with van der Waals surface area (Å²) in [4.78, 5) is 15.6. The van der Waals surface area contributed by atoms with Crippen molar-refractivity contribution in [1.29, 1.82) is 0 Å². The molecule has 0 aliphatic rings. The van der Waals surface area contributed by atoms with E-state index >= 15 is 0 Å². The van der Waals surface area contributed by atoms with Gasteiger partial charge in [0, 0.05) is 41.8 Å². The van der Waals surface area contributed by atoms with Crippen LogP contribution in [0.4, 0.5) is 4.39 Å².